The average Bonchev–Trinajstić information content (AvgIpc) is 3.11. The topological polar surface area (TPSA) is 54.7 Å². The Bertz CT molecular complexity index is 1090. The van der Waals surface area contributed by atoms with Crippen LogP contribution in [0.2, 0.25) is 0 Å². The van der Waals surface area contributed by atoms with Gasteiger partial charge >= 0.3 is 0 Å². The number of nitrogens with zero attached hydrogens (tertiary/aromatic N) is 1. The monoisotopic (exact) mass is 434 g/mol. The first-order chi connectivity index (χ1) is 15.3. The fraction of sp³-hybridized carbons (Fsp3) is 0.444. The molecule has 2 heterocycles. The first-order valence-corrected chi connectivity index (χ1v) is 11.6. The van der Waals surface area contributed by atoms with Crippen molar-refractivity contribution in [1.82, 2.24) is 10.2 Å². The number of carbonyl (C=O) groups is 1. The van der Waals surface area contributed by atoms with E-state index >= 15 is 0 Å². The van der Waals surface area contributed by atoms with Crippen molar-refractivity contribution in [3.05, 3.63) is 70.0 Å². The molecule has 0 aliphatic carbocycles. The van der Waals surface area contributed by atoms with Crippen molar-refractivity contribution in [2.24, 2.45) is 0 Å². The van der Waals surface area contributed by atoms with Gasteiger partial charge in [-0.3, -0.25) is 9.69 Å². The van der Waals surface area contributed by atoms with Crippen LogP contribution in [-0.4, -0.2) is 43.7 Å². The Morgan fingerprint density at radius 2 is 1.69 bits per heavy atom. The molecule has 170 valence electrons. The average molecular weight is 435 g/mol. The van der Waals surface area contributed by atoms with Gasteiger partial charge in [-0.2, -0.15) is 0 Å². The van der Waals surface area contributed by atoms with E-state index in [9.17, 15) is 4.79 Å². The van der Waals surface area contributed by atoms with E-state index in [0.717, 1.165) is 54.0 Å². The first-order valence-electron chi connectivity index (χ1n) is 11.6. The lowest BCUT2D eigenvalue weighted by atomic mass is 9.98. The number of aryl methyl sites for hydroxylation is 3. The highest BCUT2D eigenvalue weighted by molar-refractivity contribution is 6.00. The molecule has 1 unspecified atom stereocenters. The molecular formula is C27H34N2O3. The molecule has 1 N–H and O–H groups in total. The minimum Gasteiger partial charge on any atom is -0.451 e. The van der Waals surface area contributed by atoms with Gasteiger partial charge in [-0.05, 0) is 55.0 Å². The third-order valence-electron chi connectivity index (χ3n) is 6.51. The lowest BCUT2D eigenvalue weighted by molar-refractivity contribution is 0.0161. The number of hydrogen-bond donors (Lipinski definition) is 1. The molecule has 1 saturated heterocycles. The van der Waals surface area contributed by atoms with Crippen molar-refractivity contribution in [3.63, 3.8) is 0 Å². The molecule has 1 amide bonds. The van der Waals surface area contributed by atoms with Crippen molar-refractivity contribution in [2.45, 2.75) is 46.6 Å². The second-order valence-corrected chi connectivity index (χ2v) is 9.21. The SMILES string of the molecule is Cc1cc(C)c2c(C)c(C(=O)NCC(c3ccc(C(C)C)cc3)N3CCOCC3)oc2c1. The van der Waals surface area contributed by atoms with Crippen LogP contribution in [0.15, 0.2) is 40.8 Å². The quantitative estimate of drug-likeness (QED) is 0.573. The number of ether oxygens (including phenoxy) is 1. The van der Waals surface area contributed by atoms with E-state index in [-0.39, 0.29) is 11.9 Å². The Morgan fingerprint density at radius 3 is 2.34 bits per heavy atom. The summed E-state index contributed by atoms with van der Waals surface area (Å²) in [5.41, 5.74) is 6.48. The van der Waals surface area contributed by atoms with Gasteiger partial charge in [0, 0.05) is 30.6 Å². The van der Waals surface area contributed by atoms with E-state index in [1.165, 1.54) is 11.1 Å². The second kappa shape index (κ2) is 9.47. The van der Waals surface area contributed by atoms with Crippen molar-refractivity contribution >= 4 is 16.9 Å². The van der Waals surface area contributed by atoms with E-state index in [0.29, 0.717) is 18.2 Å². The van der Waals surface area contributed by atoms with Gasteiger partial charge in [-0.25, -0.2) is 0 Å². The summed E-state index contributed by atoms with van der Waals surface area (Å²) < 4.78 is 11.6. The highest BCUT2D eigenvalue weighted by Gasteiger charge is 2.25. The van der Waals surface area contributed by atoms with Crippen molar-refractivity contribution in [1.29, 1.82) is 0 Å². The second-order valence-electron chi connectivity index (χ2n) is 9.21. The van der Waals surface area contributed by atoms with Crippen molar-refractivity contribution in [2.75, 3.05) is 32.8 Å². The third-order valence-corrected chi connectivity index (χ3v) is 6.51. The molecule has 0 saturated carbocycles. The lowest BCUT2D eigenvalue weighted by Crippen LogP contribution is -2.43. The fourth-order valence-electron chi connectivity index (χ4n) is 4.73. The van der Waals surface area contributed by atoms with Crippen LogP contribution in [0.1, 0.15) is 64.2 Å². The van der Waals surface area contributed by atoms with Crippen LogP contribution in [0.5, 0.6) is 0 Å². The summed E-state index contributed by atoms with van der Waals surface area (Å²) in [6.45, 7) is 14.1. The number of morpholine rings is 1. The molecule has 0 spiro atoms. The molecule has 5 heteroatoms. The Balaban J connectivity index is 1.56. The summed E-state index contributed by atoms with van der Waals surface area (Å²) in [7, 11) is 0. The number of benzene rings is 2. The van der Waals surface area contributed by atoms with Crippen LogP contribution in [0.3, 0.4) is 0 Å². The number of hydrogen-bond acceptors (Lipinski definition) is 4. The van der Waals surface area contributed by atoms with Gasteiger partial charge in [0.1, 0.15) is 5.58 Å². The standard InChI is InChI=1S/C27H34N2O3/c1-17(2)21-6-8-22(9-7-21)23(29-10-12-31-13-11-29)16-28-27(30)26-20(5)25-19(4)14-18(3)15-24(25)32-26/h6-9,14-15,17,23H,10-13,16H2,1-5H3,(H,28,30). The van der Waals surface area contributed by atoms with Gasteiger partial charge in [0.05, 0.1) is 19.3 Å². The Labute approximate surface area is 190 Å². The first kappa shape index (κ1) is 22.6. The summed E-state index contributed by atoms with van der Waals surface area (Å²) in [5, 5.41) is 4.19. The van der Waals surface area contributed by atoms with Crippen LogP contribution < -0.4 is 5.32 Å². The minimum atomic E-state index is -0.159. The summed E-state index contributed by atoms with van der Waals surface area (Å²) in [6.07, 6.45) is 0. The minimum absolute atomic E-state index is 0.0951. The molecule has 2 aromatic carbocycles. The number of carbonyl (C=O) groups excluding carboxylic acids is 1. The maximum atomic E-state index is 13.1. The van der Waals surface area contributed by atoms with Gasteiger partial charge in [0.2, 0.25) is 0 Å². The third kappa shape index (κ3) is 4.59. The van der Waals surface area contributed by atoms with Crippen LogP contribution in [0.4, 0.5) is 0 Å². The largest absolute Gasteiger partial charge is 0.451 e. The molecule has 0 radical (unpaired) electrons. The van der Waals surface area contributed by atoms with E-state index in [4.69, 9.17) is 9.15 Å². The van der Waals surface area contributed by atoms with Crippen molar-refractivity contribution < 1.29 is 13.9 Å². The zero-order valence-electron chi connectivity index (χ0n) is 19.8. The lowest BCUT2D eigenvalue weighted by Gasteiger charge is -2.35. The van der Waals surface area contributed by atoms with E-state index in [2.05, 4.69) is 61.3 Å². The van der Waals surface area contributed by atoms with Crippen LogP contribution in [0.25, 0.3) is 11.0 Å². The van der Waals surface area contributed by atoms with Crippen LogP contribution in [0, 0.1) is 20.8 Å². The maximum Gasteiger partial charge on any atom is 0.287 e. The van der Waals surface area contributed by atoms with Gasteiger partial charge < -0.3 is 14.5 Å². The van der Waals surface area contributed by atoms with E-state index in [1.54, 1.807) is 0 Å². The molecule has 32 heavy (non-hydrogen) atoms. The molecule has 1 atom stereocenters. The Kier molecular flexibility index (Phi) is 6.68. The van der Waals surface area contributed by atoms with Gasteiger partial charge in [-0.15, -0.1) is 0 Å². The Morgan fingerprint density at radius 1 is 1.03 bits per heavy atom. The summed E-state index contributed by atoms with van der Waals surface area (Å²) in [4.78, 5) is 15.5. The molecular weight excluding hydrogens is 400 g/mol. The van der Waals surface area contributed by atoms with E-state index in [1.807, 2.05) is 19.9 Å². The normalized spacial score (nSPS) is 15.9. The molecule has 1 fully saturated rings. The van der Waals surface area contributed by atoms with Crippen LogP contribution in [-0.2, 0) is 4.74 Å². The fourth-order valence-corrected chi connectivity index (χ4v) is 4.73. The molecule has 1 aromatic heterocycles. The van der Waals surface area contributed by atoms with Crippen LogP contribution >= 0.6 is 0 Å². The van der Waals surface area contributed by atoms with Crippen molar-refractivity contribution in [3.8, 4) is 0 Å². The maximum absolute atomic E-state index is 13.1. The van der Waals surface area contributed by atoms with E-state index < -0.39 is 0 Å². The summed E-state index contributed by atoms with van der Waals surface area (Å²) in [6, 6.07) is 13.0. The molecule has 4 rings (SSSR count). The van der Waals surface area contributed by atoms with Gasteiger partial charge in [0.15, 0.2) is 5.76 Å². The highest BCUT2D eigenvalue weighted by Crippen LogP contribution is 2.30. The number of nitrogens with one attached hydrogen (secondary N) is 1. The van der Waals surface area contributed by atoms with Gasteiger partial charge in [0.25, 0.3) is 5.91 Å². The number of fused-ring (bicyclic) bond motifs is 1. The zero-order valence-corrected chi connectivity index (χ0v) is 19.8. The number of rotatable bonds is 6. The molecule has 0 bridgehead atoms. The summed E-state index contributed by atoms with van der Waals surface area (Å²) >= 11 is 0. The molecule has 3 aromatic rings. The molecule has 1 aliphatic rings. The predicted molar refractivity (Wildman–Crippen MR) is 128 cm³/mol. The smallest absolute Gasteiger partial charge is 0.287 e. The summed E-state index contributed by atoms with van der Waals surface area (Å²) in [5.74, 6) is 0.742. The number of furan rings is 1. The highest BCUT2D eigenvalue weighted by atomic mass is 16.5. The predicted octanol–water partition coefficient (Wildman–Crippen LogP) is 5.28. The Hall–Kier alpha value is -2.63. The molecule has 5 nitrogen and oxygen atoms in total. The molecule has 1 aliphatic heterocycles. The number of amides is 1. The van der Waals surface area contributed by atoms with Gasteiger partial charge in [-0.1, -0.05) is 44.2 Å². The zero-order chi connectivity index (χ0) is 22.8.